The molecular weight excluding hydrogens is 188 g/mol. The molecule has 2 aliphatic carbocycles. The lowest BCUT2D eigenvalue weighted by atomic mass is 9.70. The third kappa shape index (κ3) is 0.963. The molecule has 0 spiro atoms. The first-order valence-electron chi connectivity index (χ1n) is 5.69. The maximum absolute atomic E-state index is 12.3. The largest absolute Gasteiger partial charge is 0.381 e. The fourth-order valence-corrected chi connectivity index (χ4v) is 3.83. The fourth-order valence-electron chi connectivity index (χ4n) is 3.83. The molecule has 3 atom stereocenters. The minimum atomic E-state index is -1.14. The van der Waals surface area contributed by atoms with Gasteiger partial charge in [0.25, 0.3) is 0 Å². The molecule has 0 aromatic heterocycles. The van der Waals surface area contributed by atoms with E-state index < -0.39 is 5.60 Å². The molecule has 15 heavy (non-hydrogen) atoms. The lowest BCUT2D eigenvalue weighted by Gasteiger charge is -2.32. The average molecular weight is 208 g/mol. The SMILES string of the molecule is C=CC[C@]1(O)C(=O)[C@@]2(C)CC[C@H]1C2(C)C. The molecule has 2 aliphatic rings. The number of hydrogen-bond acceptors (Lipinski definition) is 2. The third-order valence-electron chi connectivity index (χ3n) is 5.15. The normalized spacial score (nSPS) is 47.2. The van der Waals surface area contributed by atoms with Gasteiger partial charge in [-0.05, 0) is 18.3 Å². The Hall–Kier alpha value is -0.630. The van der Waals surface area contributed by atoms with Crippen LogP contribution in [0.1, 0.15) is 40.0 Å². The monoisotopic (exact) mass is 208 g/mol. The van der Waals surface area contributed by atoms with Crippen LogP contribution in [0.15, 0.2) is 12.7 Å². The maximum Gasteiger partial charge on any atom is 0.171 e. The van der Waals surface area contributed by atoms with Crippen molar-refractivity contribution < 1.29 is 9.90 Å². The molecule has 2 heteroatoms. The summed E-state index contributed by atoms with van der Waals surface area (Å²) >= 11 is 0. The topological polar surface area (TPSA) is 37.3 Å². The van der Waals surface area contributed by atoms with Gasteiger partial charge in [-0.25, -0.2) is 0 Å². The Bertz CT molecular complexity index is 331. The van der Waals surface area contributed by atoms with E-state index in [0.717, 1.165) is 12.8 Å². The van der Waals surface area contributed by atoms with Gasteiger partial charge in [0.05, 0.1) is 0 Å². The van der Waals surface area contributed by atoms with Crippen molar-refractivity contribution in [2.24, 2.45) is 16.7 Å². The Morgan fingerprint density at radius 1 is 1.53 bits per heavy atom. The summed E-state index contributed by atoms with van der Waals surface area (Å²) in [5, 5.41) is 10.5. The number of hydrogen-bond donors (Lipinski definition) is 1. The lowest BCUT2D eigenvalue weighted by Crippen LogP contribution is -2.46. The van der Waals surface area contributed by atoms with Gasteiger partial charge in [-0.1, -0.05) is 26.8 Å². The molecule has 2 saturated carbocycles. The highest BCUT2D eigenvalue weighted by molar-refractivity contribution is 5.97. The number of carbonyl (C=O) groups is 1. The summed E-state index contributed by atoms with van der Waals surface area (Å²) in [6.45, 7) is 9.89. The van der Waals surface area contributed by atoms with Gasteiger partial charge in [-0.2, -0.15) is 0 Å². The van der Waals surface area contributed by atoms with Crippen LogP contribution in [0.4, 0.5) is 0 Å². The van der Waals surface area contributed by atoms with Crippen LogP contribution in [0.3, 0.4) is 0 Å². The number of Topliss-reactive ketones (excluding diaryl/α,β-unsaturated/α-hetero) is 1. The molecular formula is C13H20O2. The van der Waals surface area contributed by atoms with Crippen molar-refractivity contribution in [3.05, 3.63) is 12.7 Å². The van der Waals surface area contributed by atoms with Gasteiger partial charge in [0.2, 0.25) is 0 Å². The van der Waals surface area contributed by atoms with Crippen LogP contribution in [0.2, 0.25) is 0 Å². The van der Waals surface area contributed by atoms with Crippen LogP contribution >= 0.6 is 0 Å². The molecule has 2 fully saturated rings. The van der Waals surface area contributed by atoms with Gasteiger partial charge >= 0.3 is 0 Å². The molecule has 0 aromatic rings. The second-order valence-electron chi connectivity index (χ2n) is 5.89. The summed E-state index contributed by atoms with van der Waals surface area (Å²) in [5.41, 5.74) is -1.56. The molecule has 0 unspecified atom stereocenters. The predicted molar refractivity (Wildman–Crippen MR) is 59.4 cm³/mol. The minimum Gasteiger partial charge on any atom is -0.381 e. The summed E-state index contributed by atoms with van der Waals surface area (Å²) in [6.07, 6.45) is 3.94. The standard InChI is InChI=1S/C13H20O2/c1-5-7-13(15)9-6-8-12(4,10(13)14)11(9,2)3/h5,9,15H,1,6-8H2,2-4H3/t9-,12+,13+/m0/s1. The Morgan fingerprint density at radius 3 is 2.53 bits per heavy atom. The highest BCUT2D eigenvalue weighted by atomic mass is 16.3. The number of ketones is 1. The molecule has 0 aromatic carbocycles. The van der Waals surface area contributed by atoms with E-state index in [9.17, 15) is 9.90 Å². The summed E-state index contributed by atoms with van der Waals surface area (Å²) < 4.78 is 0. The average Bonchev–Trinajstić information content (AvgIpc) is 2.42. The molecule has 0 radical (unpaired) electrons. The second-order valence-corrected chi connectivity index (χ2v) is 5.89. The van der Waals surface area contributed by atoms with Gasteiger partial charge in [0, 0.05) is 17.8 Å². The number of carbonyl (C=O) groups excluding carboxylic acids is 1. The molecule has 1 N–H and O–H groups in total. The van der Waals surface area contributed by atoms with E-state index in [1.54, 1.807) is 6.08 Å². The van der Waals surface area contributed by atoms with Crippen LogP contribution in [0.5, 0.6) is 0 Å². The Balaban J connectivity index is 2.51. The Kier molecular flexibility index (Phi) is 1.98. The Morgan fingerprint density at radius 2 is 2.13 bits per heavy atom. The van der Waals surface area contributed by atoms with Crippen molar-refractivity contribution in [2.75, 3.05) is 0 Å². The van der Waals surface area contributed by atoms with Crippen LogP contribution < -0.4 is 0 Å². The first-order valence-corrected chi connectivity index (χ1v) is 5.69. The predicted octanol–water partition coefficient (Wildman–Crippen LogP) is 2.32. The van der Waals surface area contributed by atoms with E-state index in [4.69, 9.17) is 0 Å². The molecule has 0 aliphatic heterocycles. The van der Waals surface area contributed by atoms with Crippen LogP contribution in [0, 0.1) is 16.7 Å². The Labute approximate surface area is 91.4 Å². The summed E-state index contributed by atoms with van der Waals surface area (Å²) in [5.74, 6) is 0.136. The van der Waals surface area contributed by atoms with Crippen molar-refractivity contribution >= 4 is 5.78 Å². The molecule has 0 saturated heterocycles. The van der Waals surface area contributed by atoms with Gasteiger partial charge < -0.3 is 5.11 Å². The second kappa shape index (κ2) is 2.73. The van der Waals surface area contributed by atoms with Gasteiger partial charge in [0.1, 0.15) is 5.60 Å². The summed E-state index contributed by atoms with van der Waals surface area (Å²) in [4.78, 5) is 12.3. The van der Waals surface area contributed by atoms with Crippen molar-refractivity contribution in [1.82, 2.24) is 0 Å². The minimum absolute atomic E-state index is 0.0381. The zero-order valence-electron chi connectivity index (χ0n) is 9.84. The van der Waals surface area contributed by atoms with Gasteiger partial charge in [-0.15, -0.1) is 6.58 Å². The number of fused-ring (bicyclic) bond motifs is 2. The summed E-state index contributed by atoms with van der Waals surface area (Å²) in [7, 11) is 0. The first kappa shape index (κ1) is 10.9. The highest BCUT2D eigenvalue weighted by Crippen LogP contribution is 2.67. The molecule has 2 bridgehead atoms. The zero-order chi connectivity index (χ0) is 11.5. The van der Waals surface area contributed by atoms with E-state index in [1.807, 2.05) is 6.92 Å². The number of rotatable bonds is 2. The summed E-state index contributed by atoms with van der Waals surface area (Å²) in [6, 6.07) is 0. The quantitative estimate of drug-likeness (QED) is 0.707. The van der Waals surface area contributed by atoms with E-state index in [1.165, 1.54) is 0 Å². The fraction of sp³-hybridized carbons (Fsp3) is 0.769. The molecule has 0 amide bonds. The van der Waals surface area contributed by atoms with E-state index in [2.05, 4.69) is 20.4 Å². The van der Waals surface area contributed by atoms with Gasteiger partial charge in [0.15, 0.2) is 5.78 Å². The van der Waals surface area contributed by atoms with Crippen LogP contribution in [-0.2, 0) is 4.79 Å². The van der Waals surface area contributed by atoms with Crippen molar-refractivity contribution in [1.29, 1.82) is 0 Å². The highest BCUT2D eigenvalue weighted by Gasteiger charge is 2.72. The van der Waals surface area contributed by atoms with Crippen molar-refractivity contribution in [2.45, 2.75) is 45.6 Å². The first-order chi connectivity index (χ1) is 6.80. The zero-order valence-corrected chi connectivity index (χ0v) is 9.84. The van der Waals surface area contributed by atoms with E-state index in [0.29, 0.717) is 6.42 Å². The smallest absolute Gasteiger partial charge is 0.171 e. The molecule has 84 valence electrons. The molecule has 0 heterocycles. The van der Waals surface area contributed by atoms with Gasteiger partial charge in [-0.3, -0.25) is 4.79 Å². The number of aliphatic hydroxyl groups is 1. The molecule has 2 rings (SSSR count). The maximum atomic E-state index is 12.3. The lowest BCUT2D eigenvalue weighted by molar-refractivity contribution is -0.146. The van der Waals surface area contributed by atoms with E-state index in [-0.39, 0.29) is 22.5 Å². The van der Waals surface area contributed by atoms with Crippen molar-refractivity contribution in [3.8, 4) is 0 Å². The van der Waals surface area contributed by atoms with E-state index >= 15 is 0 Å². The van der Waals surface area contributed by atoms with Crippen LogP contribution in [-0.4, -0.2) is 16.5 Å². The van der Waals surface area contributed by atoms with Crippen LogP contribution in [0.25, 0.3) is 0 Å². The van der Waals surface area contributed by atoms with Crippen molar-refractivity contribution in [3.63, 3.8) is 0 Å². The molecule has 2 nitrogen and oxygen atoms in total. The third-order valence-corrected chi connectivity index (χ3v) is 5.15.